The Morgan fingerprint density at radius 1 is 1.23 bits per heavy atom. The van der Waals surface area contributed by atoms with Gasteiger partial charge >= 0.3 is 0 Å². The molecule has 6 nitrogen and oxygen atoms in total. The maximum Gasteiger partial charge on any atom is 0.251 e. The molecule has 160 valence electrons. The summed E-state index contributed by atoms with van der Waals surface area (Å²) in [5.41, 5.74) is 0.251. The molecular formula is C22H26ClFN4O2. The third-order valence-electron chi connectivity index (χ3n) is 5.29. The molecule has 8 heteroatoms. The normalized spacial score (nSPS) is 15.2. The summed E-state index contributed by atoms with van der Waals surface area (Å²) < 4.78 is 14.5. The number of hydrogen-bond acceptors (Lipinski definition) is 4. The third-order valence-corrected chi connectivity index (χ3v) is 5.51. The average Bonchev–Trinajstić information content (AvgIpc) is 2.71. The predicted octanol–water partition coefficient (Wildman–Crippen LogP) is 3.66. The zero-order valence-corrected chi connectivity index (χ0v) is 17.9. The molecule has 0 unspecified atom stereocenters. The quantitative estimate of drug-likeness (QED) is 0.730. The van der Waals surface area contributed by atoms with E-state index in [1.54, 1.807) is 18.2 Å². The van der Waals surface area contributed by atoms with Crippen molar-refractivity contribution in [1.82, 2.24) is 15.2 Å². The van der Waals surface area contributed by atoms with Crippen molar-refractivity contribution in [2.75, 3.05) is 18.4 Å². The van der Waals surface area contributed by atoms with E-state index in [1.165, 1.54) is 18.3 Å². The number of benzene rings is 1. The van der Waals surface area contributed by atoms with Gasteiger partial charge in [0.15, 0.2) is 0 Å². The molecule has 0 saturated carbocycles. The van der Waals surface area contributed by atoms with Crippen molar-refractivity contribution in [3.63, 3.8) is 0 Å². The molecule has 0 atom stereocenters. The van der Waals surface area contributed by atoms with Gasteiger partial charge in [0.05, 0.1) is 11.4 Å². The Hall–Kier alpha value is -2.51. The Labute approximate surface area is 180 Å². The van der Waals surface area contributed by atoms with Gasteiger partial charge in [-0.1, -0.05) is 17.7 Å². The largest absolute Gasteiger partial charge is 0.349 e. The van der Waals surface area contributed by atoms with Gasteiger partial charge in [0, 0.05) is 42.5 Å². The van der Waals surface area contributed by atoms with E-state index in [1.807, 2.05) is 0 Å². The molecule has 3 rings (SSSR count). The lowest BCUT2D eigenvalue weighted by Crippen LogP contribution is -2.46. The topological polar surface area (TPSA) is 74.3 Å². The third kappa shape index (κ3) is 5.77. The van der Waals surface area contributed by atoms with E-state index >= 15 is 0 Å². The SMILES string of the molecule is CC(C)N1CCC(NC(=O)c2cccc(F)c2CC(=O)Nc2ccc(Cl)cn2)CC1. The Morgan fingerprint density at radius 2 is 1.97 bits per heavy atom. The number of rotatable bonds is 6. The minimum atomic E-state index is -0.587. The summed E-state index contributed by atoms with van der Waals surface area (Å²) >= 11 is 5.79. The van der Waals surface area contributed by atoms with Crippen LogP contribution < -0.4 is 10.6 Å². The van der Waals surface area contributed by atoms with Gasteiger partial charge in [-0.3, -0.25) is 9.59 Å². The monoisotopic (exact) mass is 432 g/mol. The molecule has 2 N–H and O–H groups in total. The highest BCUT2D eigenvalue weighted by Crippen LogP contribution is 2.18. The van der Waals surface area contributed by atoms with Crippen LogP contribution in [0.3, 0.4) is 0 Å². The number of carbonyl (C=O) groups is 2. The van der Waals surface area contributed by atoms with Crippen molar-refractivity contribution in [1.29, 1.82) is 0 Å². The van der Waals surface area contributed by atoms with E-state index in [2.05, 4.69) is 34.4 Å². The molecule has 1 aromatic heterocycles. The lowest BCUT2D eigenvalue weighted by molar-refractivity contribution is -0.115. The Bertz CT molecular complexity index is 897. The van der Waals surface area contributed by atoms with E-state index in [4.69, 9.17) is 11.6 Å². The smallest absolute Gasteiger partial charge is 0.251 e. The molecule has 2 heterocycles. The van der Waals surface area contributed by atoms with Crippen LogP contribution in [-0.2, 0) is 11.2 Å². The van der Waals surface area contributed by atoms with Crippen LogP contribution in [0.4, 0.5) is 10.2 Å². The van der Waals surface area contributed by atoms with Gasteiger partial charge < -0.3 is 15.5 Å². The molecule has 0 spiro atoms. The minimum absolute atomic E-state index is 0.0377. The van der Waals surface area contributed by atoms with Gasteiger partial charge in [0.25, 0.3) is 5.91 Å². The summed E-state index contributed by atoms with van der Waals surface area (Å²) in [7, 11) is 0. The number of likely N-dealkylation sites (tertiary alicyclic amines) is 1. The first kappa shape index (κ1) is 22.2. The number of anilines is 1. The fourth-order valence-corrected chi connectivity index (χ4v) is 3.68. The van der Waals surface area contributed by atoms with Crippen molar-refractivity contribution in [3.05, 3.63) is 58.5 Å². The Morgan fingerprint density at radius 3 is 2.60 bits per heavy atom. The fourth-order valence-electron chi connectivity index (χ4n) is 3.57. The van der Waals surface area contributed by atoms with Crippen molar-refractivity contribution in [2.24, 2.45) is 0 Å². The second kappa shape index (κ2) is 10.00. The molecule has 0 bridgehead atoms. The highest BCUT2D eigenvalue weighted by molar-refractivity contribution is 6.30. The fraction of sp³-hybridized carbons (Fsp3) is 0.409. The Balaban J connectivity index is 1.66. The van der Waals surface area contributed by atoms with Crippen molar-refractivity contribution in [3.8, 4) is 0 Å². The second-order valence-electron chi connectivity index (χ2n) is 7.73. The van der Waals surface area contributed by atoms with Gasteiger partial charge in [0.1, 0.15) is 11.6 Å². The minimum Gasteiger partial charge on any atom is -0.349 e. The zero-order valence-electron chi connectivity index (χ0n) is 17.1. The molecule has 1 aliphatic rings. The maximum absolute atomic E-state index is 14.5. The van der Waals surface area contributed by atoms with Crippen LogP contribution in [-0.4, -0.2) is 46.9 Å². The number of nitrogens with one attached hydrogen (secondary N) is 2. The van der Waals surface area contributed by atoms with Crippen LogP contribution in [0.5, 0.6) is 0 Å². The number of piperidine rings is 1. The molecule has 1 saturated heterocycles. The highest BCUT2D eigenvalue weighted by atomic mass is 35.5. The van der Waals surface area contributed by atoms with E-state index in [-0.39, 0.29) is 29.5 Å². The van der Waals surface area contributed by atoms with E-state index < -0.39 is 11.7 Å². The van der Waals surface area contributed by atoms with E-state index in [0.29, 0.717) is 16.9 Å². The molecule has 0 aliphatic carbocycles. The van der Waals surface area contributed by atoms with Crippen LogP contribution in [0.15, 0.2) is 36.5 Å². The molecule has 30 heavy (non-hydrogen) atoms. The first-order valence-electron chi connectivity index (χ1n) is 10.1. The van der Waals surface area contributed by atoms with Gasteiger partial charge in [-0.05, 0) is 51.0 Å². The standard InChI is InChI=1S/C22H26ClFN4O2/c1-14(2)28-10-8-16(9-11-28)26-22(30)17-4-3-5-19(24)18(17)12-21(29)27-20-7-6-15(23)13-25-20/h3-7,13-14,16H,8-12H2,1-2H3,(H,26,30)(H,25,27,29). The van der Waals surface area contributed by atoms with Crippen molar-refractivity contribution < 1.29 is 14.0 Å². The maximum atomic E-state index is 14.5. The summed E-state index contributed by atoms with van der Waals surface area (Å²) in [6.45, 7) is 6.13. The van der Waals surface area contributed by atoms with E-state index in [9.17, 15) is 14.0 Å². The summed E-state index contributed by atoms with van der Waals surface area (Å²) in [5, 5.41) is 6.04. The number of nitrogens with zero attached hydrogens (tertiary/aromatic N) is 2. The highest BCUT2D eigenvalue weighted by Gasteiger charge is 2.24. The van der Waals surface area contributed by atoms with Gasteiger partial charge in [-0.15, -0.1) is 0 Å². The number of amides is 2. The van der Waals surface area contributed by atoms with E-state index in [0.717, 1.165) is 25.9 Å². The molecule has 1 fully saturated rings. The molecule has 0 radical (unpaired) electrons. The summed E-state index contributed by atoms with van der Waals surface area (Å²) in [4.78, 5) is 31.6. The molecule has 1 aromatic carbocycles. The number of hydrogen-bond donors (Lipinski definition) is 2. The van der Waals surface area contributed by atoms with Crippen LogP contribution in [0.2, 0.25) is 5.02 Å². The first-order valence-corrected chi connectivity index (χ1v) is 10.4. The first-order chi connectivity index (χ1) is 14.3. The lowest BCUT2D eigenvalue weighted by Gasteiger charge is -2.34. The zero-order chi connectivity index (χ0) is 21.7. The van der Waals surface area contributed by atoms with Gasteiger partial charge in [-0.2, -0.15) is 0 Å². The van der Waals surface area contributed by atoms with Gasteiger partial charge in [0.2, 0.25) is 5.91 Å². The lowest BCUT2D eigenvalue weighted by atomic mass is 10.00. The van der Waals surface area contributed by atoms with Crippen LogP contribution in [0.25, 0.3) is 0 Å². The summed E-state index contributed by atoms with van der Waals surface area (Å²) in [6.07, 6.45) is 2.82. The Kier molecular flexibility index (Phi) is 7.39. The average molecular weight is 433 g/mol. The van der Waals surface area contributed by atoms with Crippen LogP contribution in [0, 0.1) is 5.82 Å². The molecule has 2 aromatic rings. The van der Waals surface area contributed by atoms with Gasteiger partial charge in [-0.25, -0.2) is 9.37 Å². The second-order valence-corrected chi connectivity index (χ2v) is 8.17. The molecule has 1 aliphatic heterocycles. The van der Waals surface area contributed by atoms with Crippen molar-refractivity contribution in [2.45, 2.75) is 45.2 Å². The predicted molar refractivity (Wildman–Crippen MR) is 115 cm³/mol. The molecule has 2 amide bonds. The molecular weight excluding hydrogens is 407 g/mol. The van der Waals surface area contributed by atoms with Crippen molar-refractivity contribution >= 4 is 29.2 Å². The van der Waals surface area contributed by atoms with Crippen LogP contribution in [0.1, 0.15) is 42.6 Å². The number of carbonyl (C=O) groups excluding carboxylic acids is 2. The number of aromatic nitrogens is 1. The number of pyridine rings is 1. The number of halogens is 2. The summed E-state index contributed by atoms with van der Waals surface area (Å²) in [6, 6.07) is 7.94. The summed E-state index contributed by atoms with van der Waals surface area (Å²) in [5.74, 6) is -1.10. The van der Waals surface area contributed by atoms with Crippen LogP contribution >= 0.6 is 11.6 Å².